The number of amides is 3. The van der Waals surface area contributed by atoms with Crippen molar-refractivity contribution in [3.05, 3.63) is 115 Å². The molecule has 6 N–H and O–H groups in total. The van der Waals surface area contributed by atoms with E-state index in [1.165, 1.54) is 30.3 Å². The zero-order valence-corrected chi connectivity index (χ0v) is 43.5. The minimum Gasteiger partial charge on any atom is -0.456 e. The molecule has 0 fully saturated rings. The van der Waals surface area contributed by atoms with E-state index >= 15 is 0 Å². The third-order valence-electron chi connectivity index (χ3n) is 8.29. The molecule has 0 radical (unpaired) electrons. The average molecular weight is 1050 g/mol. The number of rotatable bonds is 13. The van der Waals surface area contributed by atoms with Gasteiger partial charge in [-0.15, -0.1) is 0 Å². The van der Waals surface area contributed by atoms with Crippen molar-refractivity contribution in [1.82, 2.24) is 16.0 Å². The minimum absolute atomic E-state index is 0.0209. The number of nitrogens with zero attached hydrogens (tertiary/aromatic N) is 2. The second kappa shape index (κ2) is 28.5. The van der Waals surface area contributed by atoms with E-state index < -0.39 is 56.7 Å². The second-order valence-electron chi connectivity index (χ2n) is 18.6. The molecule has 0 aromatic heterocycles. The molecule has 0 spiro atoms. The summed E-state index contributed by atoms with van der Waals surface area (Å²) in [7, 11) is 0. The molecule has 23 heteroatoms. The Kier molecular flexibility index (Phi) is 23.7. The maximum absolute atomic E-state index is 13.0. The van der Waals surface area contributed by atoms with Crippen LogP contribution in [0.3, 0.4) is 0 Å². The van der Waals surface area contributed by atoms with Crippen LogP contribution in [0.2, 0.25) is 0 Å². The number of hydrogen-bond donors (Lipinski definition) is 5. The van der Waals surface area contributed by atoms with Gasteiger partial charge < -0.3 is 55.5 Å². The molecular formula is C52H62F3N7O13. The van der Waals surface area contributed by atoms with E-state index in [1.807, 2.05) is 26.0 Å². The number of aryl methyl sites for hydroxylation is 1. The average Bonchev–Trinajstić information content (AvgIpc) is 3.26. The molecule has 0 saturated carbocycles. The Morgan fingerprint density at radius 3 is 1.47 bits per heavy atom. The number of alkyl halides is 3. The predicted octanol–water partition coefficient (Wildman–Crippen LogP) is 11.0. The largest absolute Gasteiger partial charge is 0.456 e. The molecule has 0 saturated heterocycles. The summed E-state index contributed by atoms with van der Waals surface area (Å²) in [6, 6.07) is 15.7. The van der Waals surface area contributed by atoms with Crippen molar-refractivity contribution in [2.75, 3.05) is 37.2 Å². The van der Waals surface area contributed by atoms with E-state index in [2.05, 4.69) is 44.9 Å². The molecule has 0 atom stereocenters. The van der Waals surface area contributed by atoms with Crippen molar-refractivity contribution < 1.29 is 65.9 Å². The van der Waals surface area contributed by atoms with Gasteiger partial charge in [0, 0.05) is 67.3 Å². The molecule has 0 heterocycles. The monoisotopic (exact) mass is 1050 g/mol. The summed E-state index contributed by atoms with van der Waals surface area (Å²) in [5, 5.41) is 33.2. The quantitative estimate of drug-likeness (QED) is 0.0158. The van der Waals surface area contributed by atoms with E-state index in [0.29, 0.717) is 31.0 Å². The van der Waals surface area contributed by atoms with E-state index in [1.54, 1.807) is 68.4 Å². The summed E-state index contributed by atoms with van der Waals surface area (Å²) in [6.07, 6.45) is -4.94. The van der Waals surface area contributed by atoms with Gasteiger partial charge in [0.05, 0.1) is 39.6 Å². The lowest BCUT2D eigenvalue weighted by molar-refractivity contribution is -0.385. The van der Waals surface area contributed by atoms with Crippen molar-refractivity contribution in [3.63, 3.8) is 0 Å². The Morgan fingerprint density at radius 1 is 0.640 bits per heavy atom. The fourth-order valence-electron chi connectivity index (χ4n) is 5.47. The number of anilines is 2. The van der Waals surface area contributed by atoms with Crippen LogP contribution in [0.15, 0.2) is 72.8 Å². The van der Waals surface area contributed by atoms with Gasteiger partial charge >= 0.3 is 24.5 Å². The number of aldehydes is 1. The molecule has 0 aliphatic carbocycles. The lowest BCUT2D eigenvalue weighted by atomic mass is 10.1. The SMILES string of the molecule is CC(C)(C)OC(=O)NCC#Cc1cc([N+](=O)[O-])ccc1Oc1cc(N)cc(C(F)(F)F)c1.CCC=O.Cc1cc(NCCNC(=O)OC(C)(C)C)cc(Oc2ccc([N+](=O)[O-])cc2C#CCNC(=O)OC(C)(C)C)c1. The standard InChI is InChI=1S/C28H36N4O7.C21H20F3N3O5.C3H6O/c1-19-15-21(29-13-14-31-26(34)39-28(5,6)7)18-23(16-19)37-24-11-10-22(32(35)36)17-20(24)9-8-12-30-25(33)38-27(2,3)4;1-20(2,3)32-19(28)26-8-4-5-13-9-16(27(29)30)6-7-18(13)31-17-11-14(21(22,23)24)10-15(25)12-17;1-2-3-4/h10-11,15-18,29H,12-14H2,1-7H3,(H,30,33)(H,31,34);6-7,9-12H,8,25H2,1-3H3,(H,26,28);3H,2H2,1H3. The number of nitrogens with two attached hydrogens (primary N) is 1. The fraction of sp³-hybridized carbons (Fsp3) is 0.385. The zero-order chi connectivity index (χ0) is 56.7. The Balaban J connectivity index is 0.000000487. The van der Waals surface area contributed by atoms with Crippen LogP contribution < -0.4 is 36.5 Å². The molecule has 0 aliphatic heterocycles. The zero-order valence-electron chi connectivity index (χ0n) is 43.5. The highest BCUT2D eigenvalue weighted by Gasteiger charge is 2.31. The molecule has 4 aromatic carbocycles. The predicted molar refractivity (Wildman–Crippen MR) is 275 cm³/mol. The third kappa shape index (κ3) is 26.0. The number of nitrogens with one attached hydrogen (secondary N) is 4. The van der Waals surface area contributed by atoms with Crippen LogP contribution in [0.25, 0.3) is 0 Å². The fourth-order valence-corrected chi connectivity index (χ4v) is 5.47. The van der Waals surface area contributed by atoms with Crippen LogP contribution in [0.1, 0.15) is 97.9 Å². The van der Waals surface area contributed by atoms with Gasteiger partial charge in [0.1, 0.15) is 46.1 Å². The van der Waals surface area contributed by atoms with Gasteiger partial charge in [-0.05, 0) is 111 Å². The number of nitro benzene ring substituents is 2. The van der Waals surface area contributed by atoms with Crippen molar-refractivity contribution in [3.8, 4) is 46.7 Å². The molecule has 4 aromatic rings. The summed E-state index contributed by atoms with van der Waals surface area (Å²) in [6.45, 7) is 20.0. The molecule has 0 bridgehead atoms. The summed E-state index contributed by atoms with van der Waals surface area (Å²) in [5.74, 6) is 11.3. The maximum atomic E-state index is 13.0. The first-order valence-corrected chi connectivity index (χ1v) is 22.8. The van der Waals surface area contributed by atoms with E-state index in [4.69, 9.17) is 29.4 Å². The highest BCUT2D eigenvalue weighted by Crippen LogP contribution is 2.36. The number of halogens is 3. The molecule has 0 aliphatic rings. The van der Waals surface area contributed by atoms with E-state index in [-0.39, 0.29) is 52.8 Å². The van der Waals surface area contributed by atoms with E-state index in [0.717, 1.165) is 41.8 Å². The van der Waals surface area contributed by atoms with Crippen LogP contribution >= 0.6 is 0 Å². The molecule has 3 amide bonds. The molecule has 75 heavy (non-hydrogen) atoms. The Bertz CT molecular complexity index is 2780. The van der Waals surface area contributed by atoms with Crippen LogP contribution in [0.4, 0.5) is 50.3 Å². The van der Waals surface area contributed by atoms with Crippen molar-refractivity contribution >= 4 is 47.3 Å². The van der Waals surface area contributed by atoms with Gasteiger partial charge in [0.25, 0.3) is 11.4 Å². The third-order valence-corrected chi connectivity index (χ3v) is 8.29. The first kappa shape index (κ1) is 62.4. The smallest absolute Gasteiger partial charge is 0.416 e. The highest BCUT2D eigenvalue weighted by atomic mass is 19.4. The number of non-ortho nitro benzene ring substituents is 2. The molecule has 404 valence electrons. The number of carbonyl (C=O) groups excluding carboxylic acids is 4. The topological polar surface area (TPSA) is 275 Å². The number of nitrogen functional groups attached to an aromatic ring is 1. The number of alkyl carbamates (subject to hydrolysis) is 3. The number of ether oxygens (including phenoxy) is 5. The number of benzene rings is 4. The summed E-state index contributed by atoms with van der Waals surface area (Å²) < 4.78 is 66.1. The lowest BCUT2D eigenvalue weighted by Crippen LogP contribution is -2.34. The van der Waals surface area contributed by atoms with Crippen molar-refractivity contribution in [2.24, 2.45) is 0 Å². The Hall–Kier alpha value is -8.73. The first-order chi connectivity index (χ1) is 34.8. The van der Waals surface area contributed by atoms with Gasteiger partial charge in [-0.25, -0.2) is 14.4 Å². The Labute approximate surface area is 432 Å². The van der Waals surface area contributed by atoms with E-state index in [9.17, 15) is 52.6 Å². The Morgan fingerprint density at radius 2 is 1.07 bits per heavy atom. The van der Waals surface area contributed by atoms with Crippen LogP contribution in [0.5, 0.6) is 23.0 Å². The summed E-state index contributed by atoms with van der Waals surface area (Å²) in [5.41, 5.74) is 3.96. The van der Waals surface area contributed by atoms with Gasteiger partial charge in [0.2, 0.25) is 0 Å². The number of carbonyl (C=O) groups is 4. The normalized spacial score (nSPS) is 10.8. The van der Waals surface area contributed by atoms with Crippen LogP contribution in [-0.2, 0) is 25.2 Å². The molecule has 20 nitrogen and oxygen atoms in total. The molecular weight excluding hydrogens is 988 g/mol. The van der Waals surface area contributed by atoms with Crippen LogP contribution in [-0.4, -0.2) is 77.4 Å². The lowest BCUT2D eigenvalue weighted by Gasteiger charge is -2.19. The minimum atomic E-state index is -4.64. The highest BCUT2D eigenvalue weighted by molar-refractivity contribution is 5.69. The summed E-state index contributed by atoms with van der Waals surface area (Å²) >= 11 is 0. The first-order valence-electron chi connectivity index (χ1n) is 22.8. The van der Waals surface area contributed by atoms with Gasteiger partial charge in [-0.2, -0.15) is 13.2 Å². The van der Waals surface area contributed by atoms with Gasteiger partial charge in [-0.1, -0.05) is 30.6 Å². The summed E-state index contributed by atoms with van der Waals surface area (Å²) in [4.78, 5) is 65.6. The van der Waals surface area contributed by atoms with Crippen LogP contribution in [0, 0.1) is 50.8 Å². The maximum Gasteiger partial charge on any atom is 0.416 e. The second-order valence-corrected chi connectivity index (χ2v) is 18.6. The van der Waals surface area contributed by atoms with Crippen molar-refractivity contribution in [1.29, 1.82) is 0 Å². The number of hydrogen-bond acceptors (Lipinski definition) is 15. The van der Waals surface area contributed by atoms with Crippen molar-refractivity contribution in [2.45, 2.75) is 106 Å². The van der Waals surface area contributed by atoms with Gasteiger partial charge in [0.15, 0.2) is 0 Å². The number of nitro groups is 2. The molecule has 4 rings (SSSR count). The molecule has 0 unspecified atom stereocenters. The van der Waals surface area contributed by atoms with Gasteiger partial charge in [-0.3, -0.25) is 20.2 Å².